The van der Waals surface area contributed by atoms with Crippen LogP contribution in [0, 0.1) is 11.6 Å². The summed E-state index contributed by atoms with van der Waals surface area (Å²) in [6, 6.07) is 9.15. The zero-order chi connectivity index (χ0) is 13.8. The molecule has 0 saturated carbocycles. The van der Waals surface area contributed by atoms with Crippen molar-refractivity contribution in [3.8, 4) is 5.75 Å². The van der Waals surface area contributed by atoms with Gasteiger partial charge in [0.15, 0.2) is 6.61 Å². The van der Waals surface area contributed by atoms with Crippen LogP contribution in [-0.4, -0.2) is 12.4 Å². The van der Waals surface area contributed by atoms with Crippen LogP contribution in [0.25, 0.3) is 0 Å². The van der Waals surface area contributed by atoms with Crippen molar-refractivity contribution in [2.24, 2.45) is 0 Å². The third-order valence-electron chi connectivity index (χ3n) is 2.43. The second kappa shape index (κ2) is 5.80. The largest absolute Gasteiger partial charge is 0.484 e. The van der Waals surface area contributed by atoms with Gasteiger partial charge in [-0.3, -0.25) is 4.79 Å². The molecule has 2 aromatic rings. The number of halogens is 3. The Labute approximate surface area is 113 Å². The van der Waals surface area contributed by atoms with Gasteiger partial charge in [0.2, 0.25) is 5.78 Å². The van der Waals surface area contributed by atoms with Gasteiger partial charge in [0.1, 0.15) is 17.4 Å². The molecule has 0 unspecified atom stereocenters. The van der Waals surface area contributed by atoms with Crippen LogP contribution >= 0.6 is 11.6 Å². The lowest BCUT2D eigenvalue weighted by Gasteiger charge is -2.07. The topological polar surface area (TPSA) is 26.3 Å². The number of hydrogen-bond donors (Lipinski definition) is 0. The van der Waals surface area contributed by atoms with E-state index in [2.05, 4.69) is 0 Å². The number of rotatable bonds is 4. The molecular weight excluding hydrogens is 274 g/mol. The molecule has 0 spiro atoms. The summed E-state index contributed by atoms with van der Waals surface area (Å²) in [6.07, 6.45) is 0. The first kappa shape index (κ1) is 13.5. The molecule has 98 valence electrons. The maximum absolute atomic E-state index is 13.3. The summed E-state index contributed by atoms with van der Waals surface area (Å²) in [7, 11) is 0. The minimum absolute atomic E-state index is 0.0549. The first-order chi connectivity index (χ1) is 9.08. The highest BCUT2D eigenvalue weighted by Crippen LogP contribution is 2.25. The van der Waals surface area contributed by atoms with Crippen molar-refractivity contribution in [1.82, 2.24) is 0 Å². The van der Waals surface area contributed by atoms with E-state index >= 15 is 0 Å². The van der Waals surface area contributed by atoms with Gasteiger partial charge in [-0.1, -0.05) is 23.7 Å². The van der Waals surface area contributed by atoms with Crippen LogP contribution in [-0.2, 0) is 0 Å². The number of Topliss-reactive ketones (excluding diaryl/α,β-unsaturated/α-hetero) is 1. The van der Waals surface area contributed by atoms with Crippen molar-refractivity contribution >= 4 is 17.4 Å². The molecule has 2 nitrogen and oxygen atoms in total. The lowest BCUT2D eigenvalue weighted by Crippen LogP contribution is -2.13. The molecule has 5 heteroatoms. The third-order valence-corrected chi connectivity index (χ3v) is 2.72. The molecular formula is C14H9ClF2O2. The number of carbonyl (C=O) groups excluding carboxylic acids is 1. The second-order valence-corrected chi connectivity index (χ2v) is 4.17. The van der Waals surface area contributed by atoms with Crippen LogP contribution in [0.5, 0.6) is 5.75 Å². The average Bonchev–Trinajstić information content (AvgIpc) is 2.38. The Morgan fingerprint density at radius 3 is 2.58 bits per heavy atom. The number of ketones is 1. The molecule has 0 aliphatic heterocycles. The van der Waals surface area contributed by atoms with Crippen LogP contribution < -0.4 is 4.74 Å². The van der Waals surface area contributed by atoms with E-state index < -0.39 is 17.4 Å². The molecule has 2 aromatic carbocycles. The van der Waals surface area contributed by atoms with Gasteiger partial charge in [0, 0.05) is 0 Å². The monoisotopic (exact) mass is 282 g/mol. The van der Waals surface area contributed by atoms with Gasteiger partial charge >= 0.3 is 0 Å². The van der Waals surface area contributed by atoms with Crippen molar-refractivity contribution < 1.29 is 18.3 Å². The van der Waals surface area contributed by atoms with Crippen molar-refractivity contribution in [1.29, 1.82) is 0 Å². The normalized spacial score (nSPS) is 10.3. The fourth-order valence-corrected chi connectivity index (χ4v) is 1.72. The Kier molecular flexibility index (Phi) is 4.12. The van der Waals surface area contributed by atoms with Crippen molar-refractivity contribution in [2.75, 3.05) is 6.61 Å². The molecule has 0 radical (unpaired) electrons. The van der Waals surface area contributed by atoms with Gasteiger partial charge in [-0.2, -0.15) is 0 Å². The fraction of sp³-hybridized carbons (Fsp3) is 0.0714. The molecule has 19 heavy (non-hydrogen) atoms. The standard InChI is InChI=1S/C14H9ClF2O2/c15-11-7-9(16)5-6-14(11)19-8-13(18)10-3-1-2-4-12(10)17/h1-7H,8H2. The van der Waals surface area contributed by atoms with E-state index in [0.717, 1.165) is 12.1 Å². The molecule has 0 bridgehead atoms. The van der Waals surface area contributed by atoms with Gasteiger partial charge in [-0.25, -0.2) is 8.78 Å². The van der Waals surface area contributed by atoms with Gasteiger partial charge in [0.05, 0.1) is 10.6 Å². The summed E-state index contributed by atoms with van der Waals surface area (Å²) in [6.45, 7) is -0.369. The second-order valence-electron chi connectivity index (χ2n) is 3.77. The van der Waals surface area contributed by atoms with E-state index in [9.17, 15) is 13.6 Å². The smallest absolute Gasteiger partial charge is 0.203 e. The summed E-state index contributed by atoms with van der Waals surface area (Å²) in [5.74, 6) is -1.45. The summed E-state index contributed by atoms with van der Waals surface area (Å²) in [5.41, 5.74) is -0.0549. The van der Waals surface area contributed by atoms with Crippen LogP contribution in [0.2, 0.25) is 5.02 Å². The quantitative estimate of drug-likeness (QED) is 0.796. The Bertz CT molecular complexity index is 614. The Balaban J connectivity index is 2.07. The van der Waals surface area contributed by atoms with Gasteiger partial charge in [0.25, 0.3) is 0 Å². The molecule has 0 N–H and O–H groups in total. The lowest BCUT2D eigenvalue weighted by molar-refractivity contribution is 0.0917. The number of hydrogen-bond acceptors (Lipinski definition) is 2. The molecule has 0 aliphatic carbocycles. The van der Waals surface area contributed by atoms with E-state index in [1.807, 2.05) is 0 Å². The molecule has 0 aromatic heterocycles. The van der Waals surface area contributed by atoms with Crippen LogP contribution in [0.15, 0.2) is 42.5 Å². The highest BCUT2D eigenvalue weighted by atomic mass is 35.5. The Morgan fingerprint density at radius 2 is 1.89 bits per heavy atom. The molecule has 0 saturated heterocycles. The molecule has 0 fully saturated rings. The van der Waals surface area contributed by atoms with E-state index in [1.54, 1.807) is 6.07 Å². The van der Waals surface area contributed by atoms with Gasteiger partial charge < -0.3 is 4.74 Å². The van der Waals surface area contributed by atoms with Gasteiger partial charge in [-0.05, 0) is 30.3 Å². The minimum Gasteiger partial charge on any atom is -0.484 e. The maximum atomic E-state index is 13.3. The maximum Gasteiger partial charge on any atom is 0.203 e. The van der Waals surface area contributed by atoms with E-state index in [-0.39, 0.29) is 22.9 Å². The highest BCUT2D eigenvalue weighted by molar-refractivity contribution is 6.32. The highest BCUT2D eigenvalue weighted by Gasteiger charge is 2.12. The Morgan fingerprint density at radius 1 is 1.16 bits per heavy atom. The summed E-state index contributed by atoms with van der Waals surface area (Å²) < 4.78 is 31.3. The molecule has 2 rings (SSSR count). The molecule has 0 atom stereocenters. The number of ether oxygens (including phenoxy) is 1. The predicted octanol–water partition coefficient (Wildman–Crippen LogP) is 3.88. The fourth-order valence-electron chi connectivity index (χ4n) is 1.50. The SMILES string of the molecule is O=C(COc1ccc(F)cc1Cl)c1ccccc1F. The number of carbonyl (C=O) groups is 1. The summed E-state index contributed by atoms with van der Waals surface area (Å²) in [4.78, 5) is 11.7. The van der Waals surface area contributed by atoms with Crippen molar-refractivity contribution in [2.45, 2.75) is 0 Å². The summed E-state index contributed by atoms with van der Waals surface area (Å²) in [5, 5.41) is 0.0568. The van der Waals surface area contributed by atoms with E-state index in [0.29, 0.717) is 0 Å². The number of benzene rings is 2. The Hall–Kier alpha value is -1.94. The van der Waals surface area contributed by atoms with Gasteiger partial charge in [-0.15, -0.1) is 0 Å². The third kappa shape index (κ3) is 3.29. The molecule has 0 heterocycles. The first-order valence-corrected chi connectivity index (χ1v) is 5.81. The van der Waals surface area contributed by atoms with Crippen LogP contribution in [0.1, 0.15) is 10.4 Å². The zero-order valence-electron chi connectivity index (χ0n) is 9.70. The van der Waals surface area contributed by atoms with Crippen molar-refractivity contribution in [3.63, 3.8) is 0 Å². The molecule has 0 amide bonds. The van der Waals surface area contributed by atoms with Crippen LogP contribution in [0.4, 0.5) is 8.78 Å². The lowest BCUT2D eigenvalue weighted by atomic mass is 10.1. The summed E-state index contributed by atoms with van der Waals surface area (Å²) >= 11 is 5.74. The van der Waals surface area contributed by atoms with Crippen molar-refractivity contribution in [3.05, 3.63) is 64.7 Å². The first-order valence-electron chi connectivity index (χ1n) is 5.43. The molecule has 0 aliphatic rings. The van der Waals surface area contributed by atoms with E-state index in [1.165, 1.54) is 24.3 Å². The zero-order valence-corrected chi connectivity index (χ0v) is 10.5. The van der Waals surface area contributed by atoms with E-state index in [4.69, 9.17) is 16.3 Å². The van der Waals surface area contributed by atoms with Crippen LogP contribution in [0.3, 0.4) is 0 Å². The average molecular weight is 283 g/mol. The minimum atomic E-state index is -0.610. The predicted molar refractivity (Wildman–Crippen MR) is 67.6 cm³/mol.